The molecule has 1 N–H and O–H groups in total. The van der Waals surface area contributed by atoms with E-state index in [-0.39, 0.29) is 10.8 Å². The molecule has 0 spiro atoms. The van der Waals surface area contributed by atoms with Crippen LogP contribution in [0.5, 0.6) is 0 Å². The first-order chi connectivity index (χ1) is 6.41. The van der Waals surface area contributed by atoms with Gasteiger partial charge in [0.1, 0.15) is 4.75 Å². The first kappa shape index (κ1) is 14.0. The van der Waals surface area contributed by atoms with E-state index in [2.05, 4.69) is 11.3 Å². The highest BCUT2D eigenvalue weighted by Crippen LogP contribution is 2.14. The SMILES string of the molecule is C=CC(CCOC)N[S+]([O-])C(C)(C)C. The summed E-state index contributed by atoms with van der Waals surface area (Å²) >= 11 is -1.05. The quantitative estimate of drug-likeness (QED) is 0.545. The van der Waals surface area contributed by atoms with E-state index in [1.807, 2.05) is 20.8 Å². The number of ether oxygens (including phenoxy) is 1. The largest absolute Gasteiger partial charge is 0.598 e. The van der Waals surface area contributed by atoms with Crippen molar-refractivity contribution in [3.05, 3.63) is 12.7 Å². The van der Waals surface area contributed by atoms with E-state index < -0.39 is 11.4 Å². The molecule has 0 aliphatic rings. The van der Waals surface area contributed by atoms with E-state index in [9.17, 15) is 4.55 Å². The summed E-state index contributed by atoms with van der Waals surface area (Å²) in [5.74, 6) is 0. The number of hydrogen-bond acceptors (Lipinski definition) is 3. The van der Waals surface area contributed by atoms with Crippen molar-refractivity contribution < 1.29 is 9.29 Å². The highest BCUT2D eigenvalue weighted by atomic mass is 32.2. The van der Waals surface area contributed by atoms with Gasteiger partial charge in [-0.25, -0.2) is 0 Å². The molecule has 0 fully saturated rings. The Morgan fingerprint density at radius 3 is 2.50 bits per heavy atom. The Hall–Kier alpha value is -0.0300. The molecule has 0 radical (unpaired) electrons. The average molecular weight is 219 g/mol. The average Bonchev–Trinajstić information content (AvgIpc) is 2.10. The lowest BCUT2D eigenvalue weighted by Gasteiger charge is -2.26. The van der Waals surface area contributed by atoms with Gasteiger partial charge in [-0.2, -0.15) is 0 Å². The third-order valence-corrected chi connectivity index (χ3v) is 3.36. The van der Waals surface area contributed by atoms with Gasteiger partial charge in [-0.1, -0.05) is 6.08 Å². The van der Waals surface area contributed by atoms with Crippen molar-refractivity contribution in [2.75, 3.05) is 13.7 Å². The molecule has 0 saturated heterocycles. The molecule has 0 amide bonds. The van der Waals surface area contributed by atoms with E-state index in [0.717, 1.165) is 6.42 Å². The normalized spacial score (nSPS) is 16.4. The van der Waals surface area contributed by atoms with Crippen molar-refractivity contribution in [2.45, 2.75) is 38.0 Å². The molecule has 84 valence electrons. The number of rotatable bonds is 6. The summed E-state index contributed by atoms with van der Waals surface area (Å²) in [6.07, 6.45) is 2.56. The minimum Gasteiger partial charge on any atom is -0.598 e. The van der Waals surface area contributed by atoms with Crippen molar-refractivity contribution in [3.63, 3.8) is 0 Å². The fourth-order valence-electron chi connectivity index (χ4n) is 0.784. The number of nitrogens with one attached hydrogen (secondary N) is 1. The second-order valence-corrected chi connectivity index (χ2v) is 6.12. The fourth-order valence-corrected chi connectivity index (χ4v) is 1.63. The number of methoxy groups -OCH3 is 1. The summed E-state index contributed by atoms with van der Waals surface area (Å²) in [6, 6.07) is 0.0509. The molecule has 0 rings (SSSR count). The van der Waals surface area contributed by atoms with Crippen LogP contribution in [0, 0.1) is 0 Å². The van der Waals surface area contributed by atoms with Gasteiger partial charge in [-0.3, -0.25) is 0 Å². The Morgan fingerprint density at radius 1 is 1.57 bits per heavy atom. The zero-order chi connectivity index (χ0) is 11.2. The van der Waals surface area contributed by atoms with Gasteiger partial charge >= 0.3 is 0 Å². The van der Waals surface area contributed by atoms with Gasteiger partial charge in [0.25, 0.3) is 0 Å². The minimum absolute atomic E-state index is 0.0509. The Kier molecular flexibility index (Phi) is 6.44. The zero-order valence-corrected chi connectivity index (χ0v) is 10.3. The fraction of sp³-hybridized carbons (Fsp3) is 0.800. The van der Waals surface area contributed by atoms with Gasteiger partial charge in [0.15, 0.2) is 0 Å². The molecule has 0 aromatic heterocycles. The molecule has 4 heteroatoms. The van der Waals surface area contributed by atoms with Crippen molar-refractivity contribution >= 4 is 11.4 Å². The maximum atomic E-state index is 11.7. The van der Waals surface area contributed by atoms with Crippen LogP contribution in [0.4, 0.5) is 0 Å². The minimum atomic E-state index is -1.05. The molecule has 0 aliphatic carbocycles. The summed E-state index contributed by atoms with van der Waals surface area (Å²) in [4.78, 5) is 0. The van der Waals surface area contributed by atoms with Gasteiger partial charge in [-0.05, 0) is 27.2 Å². The van der Waals surface area contributed by atoms with Crippen LogP contribution in [0.15, 0.2) is 12.7 Å². The second-order valence-electron chi connectivity index (χ2n) is 4.12. The lowest BCUT2D eigenvalue weighted by molar-refractivity contribution is 0.190. The van der Waals surface area contributed by atoms with E-state index in [0.29, 0.717) is 6.61 Å². The molecule has 0 bridgehead atoms. The molecule has 0 aromatic rings. The van der Waals surface area contributed by atoms with Crippen LogP contribution in [0.3, 0.4) is 0 Å². The van der Waals surface area contributed by atoms with Crippen LogP contribution in [-0.2, 0) is 16.1 Å². The van der Waals surface area contributed by atoms with Gasteiger partial charge in [0.2, 0.25) is 0 Å². The Labute approximate surface area is 90.2 Å². The highest BCUT2D eigenvalue weighted by Gasteiger charge is 2.28. The van der Waals surface area contributed by atoms with Crippen molar-refractivity contribution in [1.29, 1.82) is 0 Å². The molecule has 0 aromatic carbocycles. The van der Waals surface area contributed by atoms with E-state index >= 15 is 0 Å². The first-order valence-electron chi connectivity index (χ1n) is 4.71. The van der Waals surface area contributed by atoms with Crippen molar-refractivity contribution in [3.8, 4) is 0 Å². The smallest absolute Gasteiger partial charge is 0.136 e. The Bertz CT molecular complexity index is 168. The molecule has 2 atom stereocenters. The zero-order valence-electron chi connectivity index (χ0n) is 9.50. The standard InChI is InChI=1S/C10H21NO2S/c1-6-9(7-8-13-5)11-14(12)10(2,3)4/h6,9,11H,1,7-8H2,2-5H3. The monoisotopic (exact) mass is 219 g/mol. The van der Waals surface area contributed by atoms with Crippen molar-refractivity contribution in [1.82, 2.24) is 4.72 Å². The number of hydrogen-bond donors (Lipinski definition) is 1. The van der Waals surface area contributed by atoms with Gasteiger partial charge in [0, 0.05) is 25.1 Å². The van der Waals surface area contributed by atoms with Gasteiger partial charge < -0.3 is 9.29 Å². The van der Waals surface area contributed by atoms with Crippen LogP contribution in [-0.4, -0.2) is 29.1 Å². The molecule has 2 unspecified atom stereocenters. The van der Waals surface area contributed by atoms with Crippen LogP contribution >= 0.6 is 0 Å². The maximum absolute atomic E-state index is 11.7. The topological polar surface area (TPSA) is 44.3 Å². The molecular formula is C10H21NO2S. The predicted molar refractivity (Wildman–Crippen MR) is 61.5 cm³/mol. The third kappa shape index (κ3) is 5.65. The van der Waals surface area contributed by atoms with Gasteiger partial charge in [-0.15, -0.1) is 11.3 Å². The van der Waals surface area contributed by atoms with E-state index in [1.54, 1.807) is 13.2 Å². The molecule has 3 nitrogen and oxygen atoms in total. The van der Waals surface area contributed by atoms with Crippen LogP contribution < -0.4 is 4.72 Å². The van der Waals surface area contributed by atoms with E-state index in [1.165, 1.54) is 0 Å². The Balaban J connectivity index is 3.98. The van der Waals surface area contributed by atoms with Crippen LogP contribution in [0.2, 0.25) is 0 Å². The van der Waals surface area contributed by atoms with E-state index in [4.69, 9.17) is 4.74 Å². The van der Waals surface area contributed by atoms with Crippen LogP contribution in [0.1, 0.15) is 27.2 Å². The summed E-state index contributed by atoms with van der Waals surface area (Å²) in [5.41, 5.74) is 0. The molecule has 14 heavy (non-hydrogen) atoms. The summed E-state index contributed by atoms with van der Waals surface area (Å²) in [5, 5.41) is 0. The Morgan fingerprint density at radius 2 is 2.14 bits per heavy atom. The maximum Gasteiger partial charge on any atom is 0.136 e. The van der Waals surface area contributed by atoms with Crippen LogP contribution in [0.25, 0.3) is 0 Å². The third-order valence-electron chi connectivity index (χ3n) is 1.73. The lowest BCUT2D eigenvalue weighted by Crippen LogP contribution is -2.44. The molecule has 0 heterocycles. The first-order valence-corrected chi connectivity index (χ1v) is 5.86. The summed E-state index contributed by atoms with van der Waals surface area (Å²) in [6.45, 7) is 10.2. The summed E-state index contributed by atoms with van der Waals surface area (Å²) in [7, 11) is 1.65. The molecule has 0 saturated carbocycles. The molecular weight excluding hydrogens is 198 g/mol. The molecule has 0 aliphatic heterocycles. The summed E-state index contributed by atoms with van der Waals surface area (Å²) < 4.78 is 19.4. The lowest BCUT2D eigenvalue weighted by atomic mass is 10.2. The predicted octanol–water partition coefficient (Wildman–Crippen LogP) is 1.63. The van der Waals surface area contributed by atoms with Crippen molar-refractivity contribution in [2.24, 2.45) is 0 Å². The van der Waals surface area contributed by atoms with Gasteiger partial charge in [0.05, 0.1) is 6.04 Å². The highest BCUT2D eigenvalue weighted by molar-refractivity contribution is 7.90. The second kappa shape index (κ2) is 6.45.